The summed E-state index contributed by atoms with van der Waals surface area (Å²) in [5, 5.41) is 8.88. The van der Waals surface area contributed by atoms with Gasteiger partial charge in [-0.15, -0.1) is 5.10 Å². The van der Waals surface area contributed by atoms with E-state index in [2.05, 4.69) is 10.4 Å². The molecule has 2 aromatic rings. The van der Waals surface area contributed by atoms with E-state index in [1.807, 2.05) is 44.2 Å². The van der Waals surface area contributed by atoms with Crippen LogP contribution in [0.1, 0.15) is 35.9 Å². The molecule has 164 valence electrons. The molecule has 1 atom stereocenters. The Bertz CT molecular complexity index is 1030. The van der Waals surface area contributed by atoms with Crippen molar-refractivity contribution in [3.8, 4) is 11.5 Å². The van der Waals surface area contributed by atoms with Crippen LogP contribution < -0.4 is 14.8 Å². The summed E-state index contributed by atoms with van der Waals surface area (Å²) in [7, 11) is 0. The van der Waals surface area contributed by atoms with E-state index in [0.29, 0.717) is 29.2 Å². The quantitative estimate of drug-likeness (QED) is 0.644. The van der Waals surface area contributed by atoms with E-state index in [4.69, 9.17) is 21.1 Å². The van der Waals surface area contributed by atoms with Gasteiger partial charge in [0, 0.05) is 24.4 Å². The average molecular weight is 462 g/mol. The Balaban J connectivity index is 1.70. The van der Waals surface area contributed by atoms with E-state index in [9.17, 15) is 9.59 Å². The summed E-state index contributed by atoms with van der Waals surface area (Å²) in [6.07, 6.45) is 0. The number of carbonyl (C=O) groups excluding carboxylic acids is 2. The van der Waals surface area contributed by atoms with Crippen LogP contribution in [0.5, 0.6) is 11.5 Å². The normalized spacial score (nSPS) is 15.5. The van der Waals surface area contributed by atoms with Gasteiger partial charge in [-0.05, 0) is 49.7 Å². The number of hydrogen-bond acceptors (Lipinski definition) is 6. The zero-order valence-electron chi connectivity index (χ0n) is 17.8. The number of halogens is 1. The smallest absolute Gasteiger partial charge is 0.241 e. The molecule has 0 unspecified atom stereocenters. The molecular formula is C22H24ClN3O4S. The third-order valence-electron chi connectivity index (χ3n) is 4.42. The summed E-state index contributed by atoms with van der Waals surface area (Å²) < 4.78 is 11.7. The van der Waals surface area contributed by atoms with Crippen molar-refractivity contribution in [2.45, 2.75) is 33.1 Å². The fraction of sp³-hybridized carbons (Fsp3) is 0.318. The summed E-state index contributed by atoms with van der Waals surface area (Å²) in [6.45, 7) is 7.38. The summed E-state index contributed by atoms with van der Waals surface area (Å²) in [6, 6.07) is 11.2. The van der Waals surface area contributed by atoms with E-state index >= 15 is 0 Å². The van der Waals surface area contributed by atoms with Crippen LogP contribution in [0.25, 0.3) is 0 Å². The van der Waals surface area contributed by atoms with Gasteiger partial charge in [-0.2, -0.15) is 0 Å². The highest BCUT2D eigenvalue weighted by atomic mass is 35.5. The number of hydrogen-bond donors (Lipinski definition) is 1. The molecule has 1 aliphatic heterocycles. The predicted octanol–water partition coefficient (Wildman–Crippen LogP) is 4.42. The SMILES string of the molecule is CC(=O)NC1=NN(C(C)=O)[C@H](c2cc(C)ccc2OCCOc2ccc(Cl)c(C)c2)S1. The highest BCUT2D eigenvalue weighted by molar-refractivity contribution is 8.14. The molecule has 2 amide bonds. The van der Waals surface area contributed by atoms with E-state index in [0.717, 1.165) is 22.4 Å². The minimum Gasteiger partial charge on any atom is -0.490 e. The maximum Gasteiger partial charge on any atom is 0.241 e. The zero-order valence-corrected chi connectivity index (χ0v) is 19.3. The Labute approximate surface area is 190 Å². The monoisotopic (exact) mass is 461 g/mol. The molecule has 0 aliphatic carbocycles. The van der Waals surface area contributed by atoms with Crippen molar-refractivity contribution >= 4 is 40.3 Å². The van der Waals surface area contributed by atoms with Crippen LogP contribution in [0.2, 0.25) is 5.02 Å². The molecule has 0 fully saturated rings. The lowest BCUT2D eigenvalue weighted by Crippen LogP contribution is -2.25. The standard InChI is InChI=1S/C22H24ClN3O4S/c1-13-5-8-20(30-10-9-29-17-6-7-19(23)14(2)12-17)18(11-13)21-26(16(4)28)25-22(31-21)24-15(3)27/h5-8,11-12,21H,9-10H2,1-4H3,(H,24,25,27)/t21-/m0/s1. The first-order valence-corrected chi connectivity index (χ1v) is 11.0. The highest BCUT2D eigenvalue weighted by Gasteiger charge is 2.34. The van der Waals surface area contributed by atoms with Crippen LogP contribution in [-0.4, -0.2) is 35.2 Å². The first-order chi connectivity index (χ1) is 14.7. The third-order valence-corrected chi connectivity index (χ3v) is 5.93. The second-order valence-corrected chi connectivity index (χ2v) is 8.55. The molecule has 1 N–H and O–H groups in total. The Kier molecular flexibility index (Phi) is 7.46. The molecule has 0 radical (unpaired) electrons. The molecule has 7 nitrogen and oxygen atoms in total. The molecular weight excluding hydrogens is 438 g/mol. The molecule has 0 saturated carbocycles. The number of rotatable bonds is 6. The van der Waals surface area contributed by atoms with Crippen LogP contribution in [-0.2, 0) is 9.59 Å². The number of ether oxygens (including phenoxy) is 2. The van der Waals surface area contributed by atoms with Gasteiger partial charge in [-0.1, -0.05) is 35.0 Å². The largest absolute Gasteiger partial charge is 0.490 e. The van der Waals surface area contributed by atoms with E-state index < -0.39 is 5.37 Å². The van der Waals surface area contributed by atoms with Crippen molar-refractivity contribution in [1.29, 1.82) is 0 Å². The first-order valence-electron chi connectivity index (χ1n) is 9.69. The van der Waals surface area contributed by atoms with Gasteiger partial charge in [0.25, 0.3) is 0 Å². The number of thioether (sulfide) groups is 1. The van der Waals surface area contributed by atoms with Crippen molar-refractivity contribution < 1.29 is 19.1 Å². The molecule has 0 saturated heterocycles. The molecule has 1 heterocycles. The second-order valence-electron chi connectivity index (χ2n) is 7.07. The maximum atomic E-state index is 12.1. The second kappa shape index (κ2) is 10.1. The summed E-state index contributed by atoms with van der Waals surface area (Å²) >= 11 is 7.33. The third kappa shape index (κ3) is 5.92. The molecule has 0 bridgehead atoms. The van der Waals surface area contributed by atoms with Gasteiger partial charge in [-0.25, -0.2) is 5.01 Å². The van der Waals surface area contributed by atoms with Crippen LogP contribution in [0.15, 0.2) is 41.5 Å². The highest BCUT2D eigenvalue weighted by Crippen LogP contribution is 2.42. The Hall–Kier alpha value is -2.71. The number of carbonyl (C=O) groups is 2. The molecule has 2 aromatic carbocycles. The zero-order chi connectivity index (χ0) is 22.5. The number of nitrogens with zero attached hydrogens (tertiary/aromatic N) is 2. The van der Waals surface area contributed by atoms with Gasteiger partial charge in [0.2, 0.25) is 11.8 Å². The Morgan fingerprint density at radius 2 is 1.87 bits per heavy atom. The van der Waals surface area contributed by atoms with Crippen molar-refractivity contribution in [1.82, 2.24) is 10.3 Å². The topological polar surface area (TPSA) is 80.2 Å². The lowest BCUT2D eigenvalue weighted by atomic mass is 10.1. The number of amidine groups is 1. The van der Waals surface area contributed by atoms with Crippen molar-refractivity contribution in [2.75, 3.05) is 13.2 Å². The number of aryl methyl sites for hydroxylation is 2. The summed E-state index contributed by atoms with van der Waals surface area (Å²) in [5.74, 6) is 0.874. The van der Waals surface area contributed by atoms with Gasteiger partial charge >= 0.3 is 0 Å². The molecule has 1 aliphatic rings. The fourth-order valence-corrected chi connectivity index (χ4v) is 4.25. The average Bonchev–Trinajstić information content (AvgIpc) is 3.12. The molecule has 9 heteroatoms. The van der Waals surface area contributed by atoms with Crippen molar-refractivity contribution in [3.63, 3.8) is 0 Å². The number of nitrogens with one attached hydrogen (secondary N) is 1. The maximum absolute atomic E-state index is 12.1. The lowest BCUT2D eigenvalue weighted by Gasteiger charge is -2.22. The fourth-order valence-electron chi connectivity index (χ4n) is 2.98. The number of benzene rings is 2. The number of amides is 2. The Morgan fingerprint density at radius 3 is 2.55 bits per heavy atom. The van der Waals surface area contributed by atoms with Crippen molar-refractivity contribution in [2.24, 2.45) is 5.10 Å². The lowest BCUT2D eigenvalue weighted by molar-refractivity contribution is -0.129. The van der Waals surface area contributed by atoms with Gasteiger partial charge in [0.1, 0.15) is 30.1 Å². The van der Waals surface area contributed by atoms with Gasteiger partial charge in [0.05, 0.1) is 0 Å². The minimum absolute atomic E-state index is 0.230. The van der Waals surface area contributed by atoms with E-state index in [1.54, 1.807) is 6.07 Å². The van der Waals surface area contributed by atoms with Gasteiger partial charge < -0.3 is 14.8 Å². The van der Waals surface area contributed by atoms with Crippen LogP contribution in [0, 0.1) is 13.8 Å². The van der Waals surface area contributed by atoms with E-state index in [1.165, 1.54) is 30.6 Å². The molecule has 0 aromatic heterocycles. The minimum atomic E-state index is -0.436. The van der Waals surface area contributed by atoms with Gasteiger partial charge in [-0.3, -0.25) is 9.59 Å². The summed E-state index contributed by atoms with van der Waals surface area (Å²) in [5.41, 5.74) is 2.76. The first kappa shape index (κ1) is 23.0. The molecule has 3 rings (SSSR count). The van der Waals surface area contributed by atoms with E-state index in [-0.39, 0.29) is 11.8 Å². The molecule has 0 spiro atoms. The molecule has 31 heavy (non-hydrogen) atoms. The summed E-state index contributed by atoms with van der Waals surface area (Å²) in [4.78, 5) is 23.6. The number of hydrazone groups is 1. The van der Waals surface area contributed by atoms with Crippen LogP contribution in [0.3, 0.4) is 0 Å². The predicted molar refractivity (Wildman–Crippen MR) is 122 cm³/mol. The Morgan fingerprint density at radius 1 is 1.13 bits per heavy atom. The van der Waals surface area contributed by atoms with Crippen LogP contribution in [0.4, 0.5) is 0 Å². The van der Waals surface area contributed by atoms with Crippen LogP contribution >= 0.6 is 23.4 Å². The van der Waals surface area contributed by atoms with Gasteiger partial charge in [0.15, 0.2) is 5.17 Å². The van der Waals surface area contributed by atoms with Crippen molar-refractivity contribution in [3.05, 3.63) is 58.1 Å².